The summed E-state index contributed by atoms with van der Waals surface area (Å²) >= 11 is 0. The Kier molecular flexibility index (Phi) is 4.60. The second kappa shape index (κ2) is 5.31. The van der Waals surface area contributed by atoms with E-state index in [1.807, 2.05) is 13.8 Å². The molecule has 0 amide bonds. The molecule has 0 saturated heterocycles. The van der Waals surface area contributed by atoms with Gasteiger partial charge < -0.3 is 10.4 Å². The lowest BCUT2D eigenvalue weighted by atomic mass is 9.84. The maximum absolute atomic E-state index is 9.87. The van der Waals surface area contributed by atoms with Crippen LogP contribution in [0.5, 0.6) is 0 Å². The van der Waals surface area contributed by atoms with Crippen LogP contribution in [0.25, 0.3) is 0 Å². The molecule has 0 spiro atoms. The SMILES string of the molecule is CC(N[C@H](C)C1CCCCC1)C(C)(C)O. The molecule has 90 valence electrons. The van der Waals surface area contributed by atoms with Gasteiger partial charge in [0.25, 0.3) is 0 Å². The molecule has 1 unspecified atom stereocenters. The Morgan fingerprint density at radius 2 is 1.67 bits per heavy atom. The molecule has 2 nitrogen and oxygen atoms in total. The zero-order valence-electron chi connectivity index (χ0n) is 10.7. The van der Waals surface area contributed by atoms with Gasteiger partial charge in [-0.15, -0.1) is 0 Å². The Morgan fingerprint density at radius 1 is 1.13 bits per heavy atom. The van der Waals surface area contributed by atoms with Gasteiger partial charge in [0.1, 0.15) is 0 Å². The second-order valence-electron chi connectivity index (χ2n) is 5.73. The Hall–Kier alpha value is -0.0800. The van der Waals surface area contributed by atoms with Crippen molar-refractivity contribution in [3.05, 3.63) is 0 Å². The summed E-state index contributed by atoms with van der Waals surface area (Å²) in [6.07, 6.45) is 6.88. The van der Waals surface area contributed by atoms with Gasteiger partial charge in [-0.1, -0.05) is 19.3 Å². The number of rotatable bonds is 4. The fraction of sp³-hybridized carbons (Fsp3) is 1.00. The molecule has 15 heavy (non-hydrogen) atoms. The minimum atomic E-state index is -0.622. The number of hydrogen-bond acceptors (Lipinski definition) is 2. The van der Waals surface area contributed by atoms with Gasteiger partial charge in [-0.05, 0) is 46.5 Å². The zero-order valence-corrected chi connectivity index (χ0v) is 10.7. The van der Waals surface area contributed by atoms with E-state index in [1.54, 1.807) is 0 Å². The molecule has 1 fully saturated rings. The molecule has 0 aromatic heterocycles. The minimum absolute atomic E-state index is 0.162. The van der Waals surface area contributed by atoms with Gasteiger partial charge in [0.15, 0.2) is 0 Å². The number of aliphatic hydroxyl groups is 1. The smallest absolute Gasteiger partial charge is 0.0741 e. The third kappa shape index (κ3) is 4.12. The molecule has 2 N–H and O–H groups in total. The highest BCUT2D eigenvalue weighted by Crippen LogP contribution is 2.27. The first-order valence-electron chi connectivity index (χ1n) is 6.39. The predicted octanol–water partition coefficient (Wildman–Crippen LogP) is 2.70. The number of nitrogens with one attached hydrogen (secondary N) is 1. The molecule has 1 aliphatic carbocycles. The first-order valence-corrected chi connectivity index (χ1v) is 6.39. The van der Waals surface area contributed by atoms with E-state index in [0.29, 0.717) is 6.04 Å². The van der Waals surface area contributed by atoms with Crippen molar-refractivity contribution >= 4 is 0 Å². The summed E-state index contributed by atoms with van der Waals surface area (Å²) in [5.41, 5.74) is -0.622. The van der Waals surface area contributed by atoms with Crippen LogP contribution in [-0.4, -0.2) is 22.8 Å². The van der Waals surface area contributed by atoms with Crippen molar-refractivity contribution in [3.63, 3.8) is 0 Å². The summed E-state index contributed by atoms with van der Waals surface area (Å²) in [4.78, 5) is 0. The average Bonchev–Trinajstić information content (AvgIpc) is 2.17. The van der Waals surface area contributed by atoms with Crippen molar-refractivity contribution in [2.45, 2.75) is 77.5 Å². The van der Waals surface area contributed by atoms with Gasteiger partial charge >= 0.3 is 0 Å². The number of hydrogen-bond donors (Lipinski definition) is 2. The van der Waals surface area contributed by atoms with Crippen LogP contribution in [0.15, 0.2) is 0 Å². The predicted molar refractivity (Wildman–Crippen MR) is 64.9 cm³/mol. The lowest BCUT2D eigenvalue weighted by molar-refractivity contribution is 0.0361. The summed E-state index contributed by atoms with van der Waals surface area (Å²) in [5.74, 6) is 0.809. The third-order valence-electron chi connectivity index (χ3n) is 3.93. The largest absolute Gasteiger partial charge is 0.389 e. The van der Waals surface area contributed by atoms with E-state index in [-0.39, 0.29) is 6.04 Å². The first-order chi connectivity index (χ1) is 6.91. The molecule has 1 rings (SSSR count). The van der Waals surface area contributed by atoms with E-state index in [2.05, 4.69) is 19.2 Å². The Balaban J connectivity index is 2.36. The highest BCUT2D eigenvalue weighted by Gasteiger charge is 2.27. The standard InChI is InChI=1S/C13H27NO/c1-10(12-8-6-5-7-9-12)14-11(2)13(3,4)15/h10-12,14-15H,5-9H2,1-4H3/t10-,11?/m1/s1. The van der Waals surface area contributed by atoms with Gasteiger partial charge in [-0.25, -0.2) is 0 Å². The maximum atomic E-state index is 9.87. The molecule has 0 bridgehead atoms. The van der Waals surface area contributed by atoms with Crippen LogP contribution in [-0.2, 0) is 0 Å². The van der Waals surface area contributed by atoms with Crippen LogP contribution in [0.1, 0.15) is 59.8 Å². The lowest BCUT2D eigenvalue weighted by Crippen LogP contribution is -2.50. The molecule has 0 radical (unpaired) electrons. The van der Waals surface area contributed by atoms with Crippen molar-refractivity contribution in [1.29, 1.82) is 0 Å². The van der Waals surface area contributed by atoms with Crippen molar-refractivity contribution in [1.82, 2.24) is 5.32 Å². The summed E-state index contributed by atoms with van der Waals surface area (Å²) in [6.45, 7) is 8.08. The topological polar surface area (TPSA) is 32.3 Å². The van der Waals surface area contributed by atoms with Crippen LogP contribution in [0.4, 0.5) is 0 Å². The summed E-state index contributed by atoms with van der Waals surface area (Å²) in [6, 6.07) is 0.696. The van der Waals surface area contributed by atoms with Crippen LogP contribution in [0.2, 0.25) is 0 Å². The van der Waals surface area contributed by atoms with E-state index < -0.39 is 5.60 Å². The highest BCUT2D eigenvalue weighted by atomic mass is 16.3. The summed E-state index contributed by atoms with van der Waals surface area (Å²) < 4.78 is 0. The summed E-state index contributed by atoms with van der Waals surface area (Å²) in [5, 5.41) is 13.4. The van der Waals surface area contributed by atoms with E-state index in [1.165, 1.54) is 32.1 Å². The zero-order chi connectivity index (χ0) is 11.5. The molecular weight excluding hydrogens is 186 g/mol. The molecule has 2 heteroatoms. The van der Waals surface area contributed by atoms with Gasteiger partial charge in [-0.3, -0.25) is 0 Å². The van der Waals surface area contributed by atoms with Gasteiger partial charge in [0, 0.05) is 12.1 Å². The van der Waals surface area contributed by atoms with E-state index in [9.17, 15) is 5.11 Å². The van der Waals surface area contributed by atoms with Crippen molar-refractivity contribution in [2.75, 3.05) is 0 Å². The minimum Gasteiger partial charge on any atom is -0.389 e. The van der Waals surface area contributed by atoms with Crippen molar-refractivity contribution in [2.24, 2.45) is 5.92 Å². The van der Waals surface area contributed by atoms with Gasteiger partial charge in [0.05, 0.1) is 5.60 Å². The third-order valence-corrected chi connectivity index (χ3v) is 3.93. The van der Waals surface area contributed by atoms with Crippen molar-refractivity contribution < 1.29 is 5.11 Å². The fourth-order valence-electron chi connectivity index (χ4n) is 2.37. The maximum Gasteiger partial charge on any atom is 0.0741 e. The molecule has 1 saturated carbocycles. The Morgan fingerprint density at radius 3 is 2.13 bits per heavy atom. The quantitative estimate of drug-likeness (QED) is 0.752. The lowest BCUT2D eigenvalue weighted by Gasteiger charge is -2.34. The molecule has 2 atom stereocenters. The monoisotopic (exact) mass is 213 g/mol. The van der Waals surface area contributed by atoms with Gasteiger partial charge in [-0.2, -0.15) is 0 Å². The summed E-state index contributed by atoms with van der Waals surface area (Å²) in [7, 11) is 0. The second-order valence-corrected chi connectivity index (χ2v) is 5.73. The van der Waals surface area contributed by atoms with E-state index in [4.69, 9.17) is 0 Å². The average molecular weight is 213 g/mol. The van der Waals surface area contributed by atoms with Crippen LogP contribution >= 0.6 is 0 Å². The Labute approximate surface area is 94.5 Å². The molecule has 0 heterocycles. The molecular formula is C13H27NO. The van der Waals surface area contributed by atoms with E-state index in [0.717, 1.165) is 5.92 Å². The highest BCUT2D eigenvalue weighted by molar-refractivity contribution is 4.85. The molecule has 0 aromatic carbocycles. The van der Waals surface area contributed by atoms with Gasteiger partial charge in [0.2, 0.25) is 0 Å². The van der Waals surface area contributed by atoms with Crippen molar-refractivity contribution in [3.8, 4) is 0 Å². The van der Waals surface area contributed by atoms with Crippen LogP contribution < -0.4 is 5.32 Å². The van der Waals surface area contributed by atoms with Crippen LogP contribution in [0.3, 0.4) is 0 Å². The molecule has 0 aliphatic heterocycles. The van der Waals surface area contributed by atoms with E-state index >= 15 is 0 Å². The van der Waals surface area contributed by atoms with Crippen LogP contribution in [0, 0.1) is 5.92 Å². The normalized spacial score (nSPS) is 23.8. The Bertz CT molecular complexity index is 179. The molecule has 1 aliphatic rings. The first kappa shape index (κ1) is 13.0. The fourth-order valence-corrected chi connectivity index (χ4v) is 2.37. The molecule has 0 aromatic rings.